The molecule has 0 radical (unpaired) electrons. The van der Waals surface area contributed by atoms with Crippen molar-refractivity contribution in [1.29, 1.82) is 0 Å². The number of hydrogen-bond donors (Lipinski definition) is 1. The van der Waals surface area contributed by atoms with Gasteiger partial charge in [-0.25, -0.2) is 0 Å². The Morgan fingerprint density at radius 1 is 1.00 bits per heavy atom. The highest BCUT2D eigenvalue weighted by atomic mass is 16.3. The third-order valence-electron chi connectivity index (χ3n) is 5.18. The van der Waals surface area contributed by atoms with Crippen LogP contribution in [0.1, 0.15) is 42.5 Å². The van der Waals surface area contributed by atoms with Crippen LogP contribution in [-0.2, 0) is 17.9 Å². The van der Waals surface area contributed by atoms with Crippen LogP contribution in [0.5, 0.6) is 0 Å². The molecule has 4 nitrogen and oxygen atoms in total. The van der Waals surface area contributed by atoms with E-state index in [4.69, 9.17) is 0 Å². The van der Waals surface area contributed by atoms with E-state index >= 15 is 0 Å². The molecule has 1 heterocycles. The fourth-order valence-corrected chi connectivity index (χ4v) is 3.41. The lowest BCUT2D eigenvalue weighted by Gasteiger charge is -2.23. The molecule has 0 bridgehead atoms. The molecule has 1 aliphatic rings. The fraction of sp³-hybridized carbons (Fsp3) is 0.400. The number of rotatable bonds is 4. The minimum absolute atomic E-state index is 0.230. The summed E-state index contributed by atoms with van der Waals surface area (Å²) in [5.74, 6) is 6.06. The first-order valence-electron chi connectivity index (χ1n) is 10.2. The van der Waals surface area contributed by atoms with E-state index in [0.29, 0.717) is 13.0 Å². The molecule has 4 heteroatoms. The van der Waals surface area contributed by atoms with E-state index in [2.05, 4.69) is 47.9 Å². The zero-order chi connectivity index (χ0) is 20.9. The molecule has 0 unspecified atom stereocenters. The molecule has 29 heavy (non-hydrogen) atoms. The van der Waals surface area contributed by atoms with E-state index in [1.165, 1.54) is 16.7 Å². The van der Waals surface area contributed by atoms with Gasteiger partial charge in [0.2, 0.25) is 5.91 Å². The number of carbonyl (C=O) groups is 1. The molecule has 3 rings (SSSR count). The highest BCUT2D eigenvalue weighted by Crippen LogP contribution is 2.15. The van der Waals surface area contributed by atoms with Gasteiger partial charge in [0.05, 0.1) is 0 Å². The van der Waals surface area contributed by atoms with E-state index in [0.717, 1.165) is 31.7 Å². The van der Waals surface area contributed by atoms with Crippen molar-refractivity contribution in [3.05, 3.63) is 70.8 Å². The average molecular weight is 391 g/mol. The predicted molar refractivity (Wildman–Crippen MR) is 116 cm³/mol. The van der Waals surface area contributed by atoms with Gasteiger partial charge in [-0.05, 0) is 49.6 Å². The van der Waals surface area contributed by atoms with E-state index < -0.39 is 5.60 Å². The first-order chi connectivity index (χ1) is 13.8. The maximum absolute atomic E-state index is 12.6. The van der Waals surface area contributed by atoms with Gasteiger partial charge in [-0.2, -0.15) is 0 Å². The van der Waals surface area contributed by atoms with Crippen LogP contribution in [0.15, 0.2) is 48.5 Å². The van der Waals surface area contributed by atoms with Gasteiger partial charge in [-0.3, -0.25) is 9.69 Å². The Balaban J connectivity index is 1.58. The lowest BCUT2D eigenvalue weighted by Crippen LogP contribution is -2.32. The minimum Gasteiger partial charge on any atom is -0.378 e. The molecule has 0 aromatic heterocycles. The average Bonchev–Trinajstić information content (AvgIpc) is 2.85. The zero-order valence-electron chi connectivity index (χ0n) is 17.6. The van der Waals surface area contributed by atoms with Gasteiger partial charge in [0.1, 0.15) is 5.60 Å². The van der Waals surface area contributed by atoms with Crippen molar-refractivity contribution in [2.45, 2.75) is 45.9 Å². The van der Waals surface area contributed by atoms with E-state index in [9.17, 15) is 9.90 Å². The minimum atomic E-state index is -0.985. The fourth-order valence-electron chi connectivity index (χ4n) is 3.41. The maximum atomic E-state index is 12.6. The molecule has 2 aromatic rings. The number of hydrogen-bond acceptors (Lipinski definition) is 3. The summed E-state index contributed by atoms with van der Waals surface area (Å²) in [6.45, 7) is 9.37. The van der Waals surface area contributed by atoms with E-state index in [1.807, 2.05) is 29.2 Å². The Hall–Kier alpha value is -2.61. The molecule has 0 aliphatic carbocycles. The van der Waals surface area contributed by atoms with Crippen molar-refractivity contribution in [2.24, 2.45) is 0 Å². The standard InChI is InChI=1S/C25H30N2O2/c1-20-6-4-5-7-23(20)19-27-17-16-26(15-13-24(27)28)18-22-10-8-21(9-11-22)12-14-25(2,3)29/h4-11,29H,13,15-19H2,1-3H3. The number of amides is 1. The van der Waals surface area contributed by atoms with Crippen molar-refractivity contribution in [1.82, 2.24) is 9.80 Å². The third-order valence-corrected chi connectivity index (χ3v) is 5.18. The molecular weight excluding hydrogens is 360 g/mol. The molecule has 0 saturated carbocycles. The first-order valence-corrected chi connectivity index (χ1v) is 10.2. The largest absolute Gasteiger partial charge is 0.378 e. The number of aliphatic hydroxyl groups is 1. The molecule has 1 aliphatic heterocycles. The summed E-state index contributed by atoms with van der Waals surface area (Å²) < 4.78 is 0. The van der Waals surface area contributed by atoms with Crippen LogP contribution in [0.4, 0.5) is 0 Å². The van der Waals surface area contributed by atoms with Crippen LogP contribution in [0.3, 0.4) is 0 Å². The molecule has 2 aromatic carbocycles. The van der Waals surface area contributed by atoms with Gasteiger partial charge in [-0.15, -0.1) is 0 Å². The second kappa shape index (κ2) is 9.26. The lowest BCUT2D eigenvalue weighted by atomic mass is 10.1. The van der Waals surface area contributed by atoms with Crippen LogP contribution in [0.25, 0.3) is 0 Å². The summed E-state index contributed by atoms with van der Waals surface area (Å²) in [5, 5.41) is 9.72. The highest BCUT2D eigenvalue weighted by molar-refractivity contribution is 5.76. The molecule has 152 valence electrons. The Kier molecular flexibility index (Phi) is 6.74. The summed E-state index contributed by atoms with van der Waals surface area (Å²) in [5.41, 5.74) is 3.57. The maximum Gasteiger partial charge on any atom is 0.224 e. The van der Waals surface area contributed by atoms with Crippen molar-refractivity contribution in [2.75, 3.05) is 19.6 Å². The van der Waals surface area contributed by atoms with Crippen molar-refractivity contribution < 1.29 is 9.90 Å². The van der Waals surface area contributed by atoms with Crippen LogP contribution < -0.4 is 0 Å². The number of benzene rings is 2. The quantitative estimate of drug-likeness (QED) is 0.815. The summed E-state index contributed by atoms with van der Waals surface area (Å²) in [7, 11) is 0. The molecule has 0 spiro atoms. The smallest absolute Gasteiger partial charge is 0.224 e. The number of nitrogens with zero attached hydrogens (tertiary/aromatic N) is 2. The van der Waals surface area contributed by atoms with Gasteiger partial charge >= 0.3 is 0 Å². The van der Waals surface area contributed by atoms with Crippen LogP contribution in [-0.4, -0.2) is 46.0 Å². The van der Waals surface area contributed by atoms with Crippen molar-refractivity contribution >= 4 is 5.91 Å². The SMILES string of the molecule is Cc1ccccc1CN1CCN(Cc2ccc(C#CC(C)(C)O)cc2)CCC1=O. The van der Waals surface area contributed by atoms with E-state index in [-0.39, 0.29) is 5.91 Å². The molecule has 0 atom stereocenters. The van der Waals surface area contributed by atoms with Crippen molar-refractivity contribution in [3.63, 3.8) is 0 Å². The summed E-state index contributed by atoms with van der Waals surface area (Å²) in [4.78, 5) is 16.9. The monoisotopic (exact) mass is 390 g/mol. The lowest BCUT2D eigenvalue weighted by molar-refractivity contribution is -0.130. The topological polar surface area (TPSA) is 43.8 Å². The highest BCUT2D eigenvalue weighted by Gasteiger charge is 2.21. The molecular formula is C25H30N2O2. The van der Waals surface area contributed by atoms with Crippen LogP contribution >= 0.6 is 0 Å². The van der Waals surface area contributed by atoms with Gasteiger partial charge in [0.25, 0.3) is 0 Å². The Labute approximate surface area is 174 Å². The number of aryl methyl sites for hydroxylation is 1. The third kappa shape index (κ3) is 6.45. The number of carbonyl (C=O) groups excluding carboxylic acids is 1. The summed E-state index contributed by atoms with van der Waals surface area (Å²) in [6, 6.07) is 16.4. The van der Waals surface area contributed by atoms with Gasteiger partial charge < -0.3 is 10.0 Å². The first kappa shape index (κ1) is 21.1. The summed E-state index contributed by atoms with van der Waals surface area (Å²) in [6.07, 6.45) is 0.557. The Morgan fingerprint density at radius 2 is 1.72 bits per heavy atom. The van der Waals surface area contributed by atoms with Crippen LogP contribution in [0, 0.1) is 18.8 Å². The second-order valence-corrected chi connectivity index (χ2v) is 8.27. The normalized spacial score (nSPS) is 15.6. The van der Waals surface area contributed by atoms with Gasteiger partial charge in [-0.1, -0.05) is 48.2 Å². The Bertz CT molecular complexity index is 901. The molecule has 1 fully saturated rings. The van der Waals surface area contributed by atoms with E-state index in [1.54, 1.807) is 13.8 Å². The molecule has 1 N–H and O–H groups in total. The second-order valence-electron chi connectivity index (χ2n) is 8.27. The molecule has 1 amide bonds. The summed E-state index contributed by atoms with van der Waals surface area (Å²) >= 11 is 0. The zero-order valence-corrected chi connectivity index (χ0v) is 17.6. The van der Waals surface area contributed by atoms with Gasteiger partial charge in [0, 0.05) is 44.7 Å². The van der Waals surface area contributed by atoms with Crippen LogP contribution in [0.2, 0.25) is 0 Å². The van der Waals surface area contributed by atoms with Gasteiger partial charge in [0.15, 0.2) is 0 Å². The predicted octanol–water partition coefficient (Wildman–Crippen LogP) is 3.35. The van der Waals surface area contributed by atoms with Crippen molar-refractivity contribution in [3.8, 4) is 11.8 Å². The Morgan fingerprint density at radius 3 is 2.41 bits per heavy atom. The molecule has 1 saturated heterocycles.